The summed E-state index contributed by atoms with van der Waals surface area (Å²) in [6, 6.07) is 0. The van der Waals surface area contributed by atoms with Gasteiger partial charge in [0.2, 0.25) is 0 Å². The second-order valence-corrected chi connectivity index (χ2v) is 4.65. The van der Waals surface area contributed by atoms with Crippen molar-refractivity contribution < 1.29 is 4.79 Å². The van der Waals surface area contributed by atoms with E-state index < -0.39 is 0 Å². The van der Waals surface area contributed by atoms with Crippen molar-refractivity contribution >= 4 is 6.29 Å². The van der Waals surface area contributed by atoms with Crippen LogP contribution >= 0.6 is 0 Å². The fraction of sp³-hybridized carbons (Fsp3) is 0.615. The van der Waals surface area contributed by atoms with Crippen molar-refractivity contribution in [3.8, 4) is 0 Å². The summed E-state index contributed by atoms with van der Waals surface area (Å²) in [4.78, 5) is 19.3. The third kappa shape index (κ3) is 3.12. The Labute approximate surface area is 97.3 Å². The molecule has 0 bridgehead atoms. The highest BCUT2D eigenvalue weighted by atomic mass is 16.1. The van der Waals surface area contributed by atoms with Crippen LogP contribution in [-0.2, 0) is 11.2 Å². The second-order valence-electron chi connectivity index (χ2n) is 4.65. The molecule has 0 saturated carbocycles. The molecule has 0 amide bonds. The smallest absolute Gasteiger partial charge is 0.131 e. The Morgan fingerprint density at radius 3 is 2.44 bits per heavy atom. The van der Waals surface area contributed by atoms with E-state index in [0.29, 0.717) is 18.3 Å². The van der Waals surface area contributed by atoms with Crippen LogP contribution in [0.1, 0.15) is 63.0 Å². The number of carbonyl (C=O) groups excluding carboxylic acids is 1. The molecule has 1 aromatic heterocycles. The number of aromatic nitrogens is 2. The molecule has 0 aromatic carbocycles. The molecule has 1 heterocycles. The summed E-state index contributed by atoms with van der Waals surface area (Å²) in [6.45, 7) is 8.42. The molecule has 1 rings (SSSR count). The number of carbonyl (C=O) groups is 1. The Morgan fingerprint density at radius 1 is 1.25 bits per heavy atom. The topological polar surface area (TPSA) is 42.9 Å². The van der Waals surface area contributed by atoms with Crippen LogP contribution in [0.15, 0.2) is 6.20 Å². The zero-order valence-corrected chi connectivity index (χ0v) is 10.5. The summed E-state index contributed by atoms with van der Waals surface area (Å²) in [5, 5.41) is 0. The maximum Gasteiger partial charge on any atom is 0.131 e. The zero-order chi connectivity index (χ0) is 12.1. The quantitative estimate of drug-likeness (QED) is 0.717. The van der Waals surface area contributed by atoms with Crippen molar-refractivity contribution in [2.75, 3.05) is 0 Å². The first-order chi connectivity index (χ1) is 7.56. The van der Waals surface area contributed by atoms with Crippen LogP contribution in [0, 0.1) is 0 Å². The number of rotatable bonds is 5. The summed E-state index contributed by atoms with van der Waals surface area (Å²) in [7, 11) is 0. The highest BCUT2D eigenvalue weighted by Gasteiger charge is 2.12. The lowest BCUT2D eigenvalue weighted by Gasteiger charge is -2.13. The Kier molecular flexibility index (Phi) is 4.59. The molecule has 0 spiro atoms. The number of hydrogen-bond donors (Lipinski definition) is 0. The van der Waals surface area contributed by atoms with Gasteiger partial charge in [-0.2, -0.15) is 0 Å². The van der Waals surface area contributed by atoms with Crippen LogP contribution in [0.2, 0.25) is 0 Å². The molecule has 0 fully saturated rings. The molecule has 0 aliphatic rings. The first-order valence-corrected chi connectivity index (χ1v) is 5.85. The molecule has 1 aromatic rings. The molecule has 0 radical (unpaired) electrons. The third-order valence-electron chi connectivity index (χ3n) is 2.51. The Hall–Kier alpha value is -1.25. The van der Waals surface area contributed by atoms with E-state index in [1.807, 2.05) is 6.20 Å². The molecule has 88 valence electrons. The monoisotopic (exact) mass is 220 g/mol. The Bertz CT molecular complexity index is 359. The van der Waals surface area contributed by atoms with Gasteiger partial charge in [-0.1, -0.05) is 27.7 Å². The van der Waals surface area contributed by atoms with Crippen molar-refractivity contribution in [2.24, 2.45) is 0 Å². The Morgan fingerprint density at radius 2 is 1.94 bits per heavy atom. The standard InChI is InChI=1S/C13H20N2O/c1-9(2)12-11(6-5-7-16)8-14-13(15-12)10(3)4/h7-10H,5-6H2,1-4H3. The van der Waals surface area contributed by atoms with Crippen LogP contribution in [-0.4, -0.2) is 16.3 Å². The molecule has 16 heavy (non-hydrogen) atoms. The molecule has 3 nitrogen and oxygen atoms in total. The van der Waals surface area contributed by atoms with Crippen LogP contribution in [0.3, 0.4) is 0 Å². The second kappa shape index (κ2) is 5.73. The summed E-state index contributed by atoms with van der Waals surface area (Å²) in [5.74, 6) is 1.61. The van der Waals surface area contributed by atoms with Gasteiger partial charge in [0.1, 0.15) is 12.1 Å². The highest BCUT2D eigenvalue weighted by molar-refractivity contribution is 5.50. The molecular formula is C13H20N2O. The lowest BCUT2D eigenvalue weighted by Crippen LogP contribution is -2.07. The zero-order valence-electron chi connectivity index (χ0n) is 10.5. The minimum atomic E-state index is 0.345. The van der Waals surface area contributed by atoms with Crippen LogP contribution in [0.25, 0.3) is 0 Å². The number of hydrogen-bond acceptors (Lipinski definition) is 3. The van der Waals surface area contributed by atoms with Crippen LogP contribution in [0.4, 0.5) is 0 Å². The van der Waals surface area contributed by atoms with Gasteiger partial charge in [-0.15, -0.1) is 0 Å². The van der Waals surface area contributed by atoms with E-state index in [9.17, 15) is 4.79 Å². The minimum absolute atomic E-state index is 0.345. The normalized spacial score (nSPS) is 11.1. The molecule has 0 unspecified atom stereocenters. The Balaban J connectivity index is 3.04. The van der Waals surface area contributed by atoms with Gasteiger partial charge in [0.05, 0.1) is 0 Å². The summed E-state index contributed by atoms with van der Waals surface area (Å²) >= 11 is 0. The van der Waals surface area contributed by atoms with E-state index in [1.54, 1.807) is 0 Å². The van der Waals surface area contributed by atoms with E-state index in [0.717, 1.165) is 29.8 Å². The van der Waals surface area contributed by atoms with Gasteiger partial charge in [-0.05, 0) is 17.9 Å². The largest absolute Gasteiger partial charge is 0.303 e. The van der Waals surface area contributed by atoms with Gasteiger partial charge in [0.25, 0.3) is 0 Å². The summed E-state index contributed by atoms with van der Waals surface area (Å²) < 4.78 is 0. The SMILES string of the molecule is CC(C)c1ncc(CCC=O)c(C(C)C)n1. The third-order valence-corrected chi connectivity index (χ3v) is 2.51. The molecule has 3 heteroatoms. The number of aldehydes is 1. The maximum absolute atomic E-state index is 10.4. The van der Waals surface area contributed by atoms with E-state index in [4.69, 9.17) is 0 Å². The number of nitrogens with zero attached hydrogens (tertiary/aromatic N) is 2. The number of aryl methyl sites for hydroxylation is 1. The van der Waals surface area contributed by atoms with Crippen molar-refractivity contribution in [3.63, 3.8) is 0 Å². The first kappa shape index (κ1) is 12.8. The molecule has 0 aliphatic heterocycles. The highest BCUT2D eigenvalue weighted by Crippen LogP contribution is 2.20. The van der Waals surface area contributed by atoms with Gasteiger partial charge >= 0.3 is 0 Å². The van der Waals surface area contributed by atoms with Crippen molar-refractivity contribution in [1.29, 1.82) is 0 Å². The van der Waals surface area contributed by atoms with Crippen LogP contribution in [0.5, 0.6) is 0 Å². The van der Waals surface area contributed by atoms with E-state index in [2.05, 4.69) is 37.7 Å². The van der Waals surface area contributed by atoms with Gasteiger partial charge < -0.3 is 4.79 Å². The van der Waals surface area contributed by atoms with Gasteiger partial charge in [0, 0.05) is 24.2 Å². The van der Waals surface area contributed by atoms with E-state index in [-0.39, 0.29) is 0 Å². The maximum atomic E-state index is 10.4. The average molecular weight is 220 g/mol. The van der Waals surface area contributed by atoms with Crippen molar-refractivity contribution in [2.45, 2.75) is 52.4 Å². The lowest BCUT2D eigenvalue weighted by molar-refractivity contribution is -0.107. The first-order valence-electron chi connectivity index (χ1n) is 5.85. The average Bonchev–Trinajstić information content (AvgIpc) is 2.25. The summed E-state index contributed by atoms with van der Waals surface area (Å²) in [5.41, 5.74) is 2.19. The predicted molar refractivity (Wildman–Crippen MR) is 64.6 cm³/mol. The molecule has 0 atom stereocenters. The predicted octanol–water partition coefficient (Wildman–Crippen LogP) is 2.85. The van der Waals surface area contributed by atoms with Gasteiger partial charge in [-0.25, -0.2) is 9.97 Å². The minimum Gasteiger partial charge on any atom is -0.303 e. The van der Waals surface area contributed by atoms with E-state index in [1.165, 1.54) is 0 Å². The molecule has 0 aliphatic carbocycles. The molecular weight excluding hydrogens is 200 g/mol. The van der Waals surface area contributed by atoms with Crippen LogP contribution < -0.4 is 0 Å². The van der Waals surface area contributed by atoms with Gasteiger partial charge in [-0.3, -0.25) is 0 Å². The lowest BCUT2D eigenvalue weighted by atomic mass is 10.0. The fourth-order valence-electron chi connectivity index (χ4n) is 1.62. The molecule has 0 N–H and O–H groups in total. The molecule has 0 saturated heterocycles. The van der Waals surface area contributed by atoms with Gasteiger partial charge in [0.15, 0.2) is 0 Å². The van der Waals surface area contributed by atoms with E-state index >= 15 is 0 Å². The summed E-state index contributed by atoms with van der Waals surface area (Å²) in [6.07, 6.45) is 4.11. The fourth-order valence-corrected chi connectivity index (χ4v) is 1.62. The van der Waals surface area contributed by atoms with Crippen molar-refractivity contribution in [3.05, 3.63) is 23.3 Å². The van der Waals surface area contributed by atoms with Crippen molar-refractivity contribution in [1.82, 2.24) is 9.97 Å².